The van der Waals surface area contributed by atoms with Crippen LogP contribution < -0.4 is 0 Å². The molecule has 0 aliphatic heterocycles. The monoisotopic (exact) mass is 1890 g/mol. The molecule has 11 nitrogen and oxygen atoms in total. The summed E-state index contributed by atoms with van der Waals surface area (Å²) in [6.07, 6.45) is 0. The fourth-order valence-corrected chi connectivity index (χ4v) is 24.0. The number of hydrogen-bond donors (Lipinski definition) is 0. The standard InChI is InChI=1S/C34H28N2.3C28H24N2.C17H17N3/c1-34(2,3)36-32-16-10-8-14-27(32)29-22-24(18-20-33(29)36)23-17-19-31-28(21-23)26-13-7-9-15-30(26)35(31)25-11-5-4-6-12-25;1-28(2,3)30-24-16-10-7-13-20(24)21-17-18-25-26(27(21)30)22-14-8-9-15-23(22)29(25)19-11-5-4-6-12-19;1-28(2,3)30-25-16-10-8-14-21(25)23-17-26-22(18-27(23)30)20-13-7-9-15-24(20)29(26)19-11-5-4-6-12-19;1-28(2,3)30-25-16-10-8-14-21(25)23-18-17-22-20-13-7-9-15-24(20)29(26(22)27(23)30)19-11-5-4-6-12-19;1-17(2,3)20-15-11-7-6-10-14(15)19-13-9-5-4-8-12(13)18-16(19)20/h4-22H,1-3H3;3*4-18H,1-3H3;4-11H,1-3H3. The summed E-state index contributed by atoms with van der Waals surface area (Å²) in [4.78, 5) is 4.84. The number of para-hydroxylation sites is 16. The minimum Gasteiger partial charge on any atom is -0.335 e. The van der Waals surface area contributed by atoms with Crippen molar-refractivity contribution < 1.29 is 0 Å². The van der Waals surface area contributed by atoms with Gasteiger partial charge in [-0.2, -0.15) is 0 Å². The van der Waals surface area contributed by atoms with Gasteiger partial charge in [-0.1, -0.05) is 273 Å². The minimum atomic E-state index is -0.0480. The highest BCUT2D eigenvalue weighted by Crippen LogP contribution is 2.49. The van der Waals surface area contributed by atoms with Crippen molar-refractivity contribution in [2.45, 2.75) is 132 Å². The summed E-state index contributed by atoms with van der Waals surface area (Å²) in [5, 5.41) is 20.9. The first-order chi connectivity index (χ1) is 70.7. The fourth-order valence-electron chi connectivity index (χ4n) is 24.0. The topological polar surface area (TPSA) is 61.7 Å². The van der Waals surface area contributed by atoms with E-state index in [1.54, 1.807) is 0 Å². The molecule has 0 saturated carbocycles. The molecule has 712 valence electrons. The van der Waals surface area contributed by atoms with Crippen molar-refractivity contribution in [3.05, 3.63) is 437 Å². The predicted octanol–water partition coefficient (Wildman–Crippen LogP) is 36.5. The molecule has 29 rings (SSSR count). The van der Waals surface area contributed by atoms with Crippen LogP contribution in [0.3, 0.4) is 0 Å². The van der Waals surface area contributed by atoms with Gasteiger partial charge in [-0.3, -0.25) is 4.40 Å². The van der Waals surface area contributed by atoms with E-state index in [0.717, 1.165) is 11.3 Å². The Morgan fingerprint density at radius 1 is 0.158 bits per heavy atom. The number of benzene rings is 19. The van der Waals surface area contributed by atoms with Gasteiger partial charge >= 0.3 is 0 Å². The van der Waals surface area contributed by atoms with E-state index in [1.807, 2.05) is 6.07 Å². The van der Waals surface area contributed by atoms with Crippen LogP contribution in [0.25, 0.3) is 236 Å². The molecule has 0 saturated heterocycles. The molecule has 0 aliphatic carbocycles. The Bertz CT molecular complexity index is 10200. The first kappa shape index (κ1) is 90.1. The summed E-state index contributed by atoms with van der Waals surface area (Å²) in [6, 6.07) is 158. The van der Waals surface area contributed by atoms with Gasteiger partial charge in [-0.05, 0) is 279 Å². The van der Waals surface area contributed by atoms with Gasteiger partial charge in [0.05, 0.1) is 82.8 Å². The minimum absolute atomic E-state index is 0.00104. The summed E-state index contributed by atoms with van der Waals surface area (Å²) in [5.41, 5.74) is 32.2. The van der Waals surface area contributed by atoms with Gasteiger partial charge in [0.1, 0.15) is 0 Å². The molecule has 0 unspecified atom stereocenters. The lowest BCUT2D eigenvalue weighted by Crippen LogP contribution is -2.21. The van der Waals surface area contributed by atoms with Crippen LogP contribution >= 0.6 is 0 Å². The third-order valence-electron chi connectivity index (χ3n) is 29.6. The van der Waals surface area contributed by atoms with Crippen molar-refractivity contribution in [3.8, 4) is 33.9 Å². The third-order valence-corrected chi connectivity index (χ3v) is 29.6. The number of imidazole rings is 2. The van der Waals surface area contributed by atoms with Gasteiger partial charge in [-0.15, -0.1) is 0 Å². The summed E-state index contributed by atoms with van der Waals surface area (Å²) in [6.45, 7) is 34.2. The van der Waals surface area contributed by atoms with Crippen LogP contribution in [0.2, 0.25) is 0 Å². The van der Waals surface area contributed by atoms with Crippen LogP contribution in [0.4, 0.5) is 0 Å². The van der Waals surface area contributed by atoms with Crippen molar-refractivity contribution in [1.82, 2.24) is 50.5 Å². The summed E-state index contributed by atoms with van der Waals surface area (Å²) < 4.78 is 24.2. The Morgan fingerprint density at radius 3 is 0.890 bits per heavy atom. The van der Waals surface area contributed by atoms with E-state index in [9.17, 15) is 0 Å². The molecule has 0 amide bonds. The number of aromatic nitrogens is 11. The molecule has 29 aromatic rings. The molecule has 0 atom stereocenters. The Kier molecular flexibility index (Phi) is 21.2. The molecule has 0 radical (unpaired) electrons. The summed E-state index contributed by atoms with van der Waals surface area (Å²) >= 11 is 0. The van der Waals surface area contributed by atoms with Gasteiger partial charge < -0.3 is 41.1 Å². The average Bonchev–Trinajstić information content (AvgIpc) is 1.55. The normalized spacial score (nSPS) is 12.5. The summed E-state index contributed by atoms with van der Waals surface area (Å²) in [7, 11) is 0. The number of hydrogen-bond acceptors (Lipinski definition) is 1. The van der Waals surface area contributed by atoms with Gasteiger partial charge in [-0.25, -0.2) is 4.98 Å². The molecule has 146 heavy (non-hydrogen) atoms. The van der Waals surface area contributed by atoms with Gasteiger partial charge in [0.15, 0.2) is 0 Å². The molecule has 0 N–H and O–H groups in total. The largest absolute Gasteiger partial charge is 0.335 e. The van der Waals surface area contributed by atoms with E-state index in [-0.39, 0.29) is 27.7 Å². The van der Waals surface area contributed by atoms with E-state index in [1.165, 1.54) is 225 Å². The van der Waals surface area contributed by atoms with Crippen molar-refractivity contribution in [2.24, 2.45) is 0 Å². The quantitative estimate of drug-likeness (QED) is 0.169. The van der Waals surface area contributed by atoms with Crippen molar-refractivity contribution in [1.29, 1.82) is 0 Å². The van der Waals surface area contributed by atoms with Crippen LogP contribution in [0.1, 0.15) is 104 Å². The molecule has 0 fully saturated rings. The molecular weight excluding hydrogens is 1780 g/mol. The van der Waals surface area contributed by atoms with Crippen LogP contribution in [0, 0.1) is 0 Å². The number of nitrogens with zero attached hydrogens (tertiary/aromatic N) is 11. The first-order valence-electron chi connectivity index (χ1n) is 51.3. The van der Waals surface area contributed by atoms with E-state index < -0.39 is 0 Å². The van der Waals surface area contributed by atoms with Gasteiger partial charge in [0, 0.05) is 164 Å². The maximum atomic E-state index is 4.84. The second-order valence-electron chi connectivity index (χ2n) is 44.1. The average molecular weight is 1890 g/mol. The molecule has 11 heteroatoms. The molecular formula is C135H117N11. The molecule has 0 aliphatic rings. The maximum absolute atomic E-state index is 4.84. The van der Waals surface area contributed by atoms with Crippen molar-refractivity contribution >= 4 is 202 Å². The van der Waals surface area contributed by atoms with E-state index in [2.05, 4.69) is 580 Å². The van der Waals surface area contributed by atoms with Crippen molar-refractivity contribution in [3.63, 3.8) is 0 Å². The van der Waals surface area contributed by atoms with Crippen LogP contribution in [0.5, 0.6) is 0 Å². The summed E-state index contributed by atoms with van der Waals surface area (Å²) in [5.74, 6) is 1.01. The number of fused-ring (bicyclic) bond motifs is 31. The van der Waals surface area contributed by atoms with E-state index in [4.69, 9.17) is 4.98 Å². The molecule has 10 heterocycles. The SMILES string of the molecule is CC(C)(C)n1c2ccccc2c2cc(-c3ccc4c(c3)c3ccccc3n4-c3ccccc3)ccc21.CC(C)(C)n1c2ccccc2c2cc3c(cc21)c1ccccc1n3-c1ccccc1.CC(C)(C)n1c2ccccc2c2ccc3c(c4ccccc4n3-c3ccccc3)c21.CC(C)(C)n1c2ccccc2c2ccc3c4ccccc4n(-c4ccccc4)c3c21.CC(C)(C)n1c2ccccc2n2c3ccccc3nc12. The third kappa shape index (κ3) is 14.6. The van der Waals surface area contributed by atoms with Gasteiger partial charge in [0.25, 0.3) is 0 Å². The lowest BCUT2D eigenvalue weighted by atomic mass is 10.0. The number of rotatable bonds is 5. The van der Waals surface area contributed by atoms with Crippen LogP contribution in [-0.2, 0) is 27.7 Å². The molecule has 19 aromatic carbocycles. The predicted molar refractivity (Wildman–Crippen MR) is 624 cm³/mol. The fraction of sp³-hybridized carbons (Fsp3) is 0.148. The highest BCUT2D eigenvalue weighted by atomic mass is 15.2. The molecule has 10 aromatic heterocycles. The zero-order valence-corrected chi connectivity index (χ0v) is 85.5. The highest BCUT2D eigenvalue weighted by molar-refractivity contribution is 6.27. The van der Waals surface area contributed by atoms with E-state index in [0.29, 0.717) is 0 Å². The van der Waals surface area contributed by atoms with E-state index >= 15 is 0 Å². The zero-order valence-electron chi connectivity index (χ0n) is 85.5. The smallest absolute Gasteiger partial charge is 0.216 e. The first-order valence-corrected chi connectivity index (χ1v) is 51.3. The van der Waals surface area contributed by atoms with Crippen LogP contribution in [0.15, 0.2) is 437 Å². The second-order valence-corrected chi connectivity index (χ2v) is 44.1. The van der Waals surface area contributed by atoms with Crippen LogP contribution in [-0.4, -0.2) is 50.5 Å². The van der Waals surface area contributed by atoms with Crippen molar-refractivity contribution in [2.75, 3.05) is 0 Å². The Labute approximate surface area is 849 Å². The Morgan fingerprint density at radius 2 is 0.425 bits per heavy atom. The lowest BCUT2D eigenvalue weighted by molar-refractivity contribution is 0.419. The van der Waals surface area contributed by atoms with Gasteiger partial charge in [0.2, 0.25) is 5.78 Å². The molecule has 0 spiro atoms. The molecule has 0 bridgehead atoms. The zero-order chi connectivity index (χ0) is 99.7. The second kappa shape index (κ2) is 34.3. The Balaban J connectivity index is 0.0000000961. The highest BCUT2D eigenvalue weighted by Gasteiger charge is 2.32. The lowest BCUT2D eigenvalue weighted by Gasteiger charge is -2.25. The Hall–Kier alpha value is -17.2. The maximum Gasteiger partial charge on any atom is 0.216 e.